The number of pyridine rings is 1. The first kappa shape index (κ1) is 14.4. The predicted octanol–water partition coefficient (Wildman–Crippen LogP) is 2.35. The molecule has 1 saturated heterocycles. The molecule has 112 valence electrons. The van der Waals surface area contributed by atoms with Crippen molar-refractivity contribution in [2.24, 2.45) is 5.73 Å². The Bertz CT molecular complexity index is 596. The minimum atomic E-state index is 0.206. The van der Waals surface area contributed by atoms with Gasteiger partial charge in [0.1, 0.15) is 0 Å². The fourth-order valence-corrected chi connectivity index (χ4v) is 3.27. The Morgan fingerprint density at radius 1 is 1.38 bits per heavy atom. The molecule has 0 bridgehead atoms. The van der Waals surface area contributed by atoms with Gasteiger partial charge in [0, 0.05) is 36.8 Å². The number of nitrogens with two attached hydrogens (primary N) is 1. The lowest BCUT2D eigenvalue weighted by molar-refractivity contribution is -0.0288. The molecule has 2 heterocycles. The molecule has 3 rings (SSSR count). The molecule has 0 saturated carbocycles. The fraction of sp³-hybridized carbons (Fsp3) is 0.471. The number of aromatic nitrogens is 1. The maximum absolute atomic E-state index is 6.13. The molecule has 21 heavy (non-hydrogen) atoms. The second-order valence-electron chi connectivity index (χ2n) is 5.55. The molecule has 2 atom stereocenters. The van der Waals surface area contributed by atoms with E-state index in [1.54, 1.807) is 0 Å². The Labute approximate surface area is 125 Å². The van der Waals surface area contributed by atoms with Crippen LogP contribution in [0.3, 0.4) is 0 Å². The average Bonchev–Trinajstić information content (AvgIpc) is 2.56. The molecule has 4 heteroatoms. The van der Waals surface area contributed by atoms with Gasteiger partial charge in [0.05, 0.1) is 18.7 Å². The molecule has 2 aromatic rings. The highest BCUT2D eigenvalue weighted by atomic mass is 16.5. The molecule has 2 unspecified atom stereocenters. The molecule has 1 aliphatic rings. The molecule has 2 N–H and O–H groups in total. The number of nitrogens with zero attached hydrogens (tertiary/aromatic N) is 2. The average molecular weight is 285 g/mol. The number of rotatable bonds is 4. The van der Waals surface area contributed by atoms with Gasteiger partial charge >= 0.3 is 0 Å². The molecule has 1 aliphatic heterocycles. The SMILES string of the molecule is CCC1COCCN1C(CN)c1cccc2cccnc12. The van der Waals surface area contributed by atoms with Crippen LogP contribution in [-0.2, 0) is 4.74 Å². The van der Waals surface area contributed by atoms with Crippen molar-refractivity contribution in [1.82, 2.24) is 9.88 Å². The van der Waals surface area contributed by atoms with Crippen LogP contribution in [0.2, 0.25) is 0 Å². The van der Waals surface area contributed by atoms with Gasteiger partial charge in [-0.2, -0.15) is 0 Å². The van der Waals surface area contributed by atoms with Crippen molar-refractivity contribution >= 4 is 10.9 Å². The van der Waals surface area contributed by atoms with E-state index in [0.29, 0.717) is 12.6 Å². The highest BCUT2D eigenvalue weighted by Crippen LogP contribution is 2.29. The minimum absolute atomic E-state index is 0.206. The second-order valence-corrected chi connectivity index (χ2v) is 5.55. The lowest BCUT2D eigenvalue weighted by Gasteiger charge is -2.40. The Balaban J connectivity index is 2.01. The van der Waals surface area contributed by atoms with E-state index in [4.69, 9.17) is 10.5 Å². The van der Waals surface area contributed by atoms with Gasteiger partial charge in [-0.1, -0.05) is 31.2 Å². The molecule has 4 nitrogen and oxygen atoms in total. The largest absolute Gasteiger partial charge is 0.378 e. The minimum Gasteiger partial charge on any atom is -0.378 e. The van der Waals surface area contributed by atoms with Gasteiger partial charge in [-0.25, -0.2) is 0 Å². The Morgan fingerprint density at radius 3 is 3.05 bits per heavy atom. The van der Waals surface area contributed by atoms with Crippen molar-refractivity contribution in [3.8, 4) is 0 Å². The van der Waals surface area contributed by atoms with Gasteiger partial charge in [-0.05, 0) is 18.1 Å². The zero-order valence-corrected chi connectivity index (χ0v) is 12.5. The van der Waals surface area contributed by atoms with Crippen LogP contribution in [0.15, 0.2) is 36.5 Å². The summed E-state index contributed by atoms with van der Waals surface area (Å²) in [4.78, 5) is 7.08. The van der Waals surface area contributed by atoms with Crippen LogP contribution in [0.4, 0.5) is 0 Å². The maximum Gasteiger partial charge on any atom is 0.0750 e. The number of benzene rings is 1. The monoisotopic (exact) mass is 285 g/mol. The summed E-state index contributed by atoms with van der Waals surface area (Å²) in [6.07, 6.45) is 2.94. The van der Waals surface area contributed by atoms with Gasteiger partial charge in [0.25, 0.3) is 0 Å². The third-order valence-corrected chi connectivity index (χ3v) is 4.39. The standard InChI is InChI=1S/C17H23N3O/c1-2-14-12-21-10-9-20(14)16(11-18)15-7-3-5-13-6-4-8-19-17(13)15/h3-8,14,16H,2,9-12,18H2,1H3. The van der Waals surface area contributed by atoms with Crippen molar-refractivity contribution in [3.63, 3.8) is 0 Å². The molecule has 0 spiro atoms. The van der Waals surface area contributed by atoms with E-state index in [9.17, 15) is 0 Å². The fourth-order valence-electron chi connectivity index (χ4n) is 3.27. The van der Waals surface area contributed by atoms with E-state index in [0.717, 1.165) is 31.7 Å². The van der Waals surface area contributed by atoms with E-state index in [-0.39, 0.29) is 6.04 Å². The zero-order chi connectivity index (χ0) is 14.7. The number of fused-ring (bicyclic) bond motifs is 1. The third-order valence-electron chi connectivity index (χ3n) is 4.39. The molecule has 1 aromatic carbocycles. The Kier molecular flexibility index (Phi) is 4.48. The molecular formula is C17H23N3O. The van der Waals surface area contributed by atoms with Crippen LogP contribution in [0, 0.1) is 0 Å². The van der Waals surface area contributed by atoms with E-state index in [1.807, 2.05) is 12.3 Å². The third kappa shape index (κ3) is 2.79. The van der Waals surface area contributed by atoms with Crippen LogP contribution >= 0.6 is 0 Å². The van der Waals surface area contributed by atoms with Crippen molar-refractivity contribution in [2.45, 2.75) is 25.4 Å². The van der Waals surface area contributed by atoms with Crippen LogP contribution in [0.5, 0.6) is 0 Å². The van der Waals surface area contributed by atoms with Gasteiger partial charge in [-0.15, -0.1) is 0 Å². The lowest BCUT2D eigenvalue weighted by atomic mass is 9.98. The first-order valence-corrected chi connectivity index (χ1v) is 7.72. The van der Waals surface area contributed by atoms with Gasteiger partial charge < -0.3 is 10.5 Å². The Hall–Kier alpha value is -1.49. The van der Waals surface area contributed by atoms with Gasteiger partial charge in [-0.3, -0.25) is 9.88 Å². The smallest absolute Gasteiger partial charge is 0.0750 e. The van der Waals surface area contributed by atoms with E-state index < -0.39 is 0 Å². The highest BCUT2D eigenvalue weighted by molar-refractivity contribution is 5.82. The van der Waals surface area contributed by atoms with Gasteiger partial charge in [0.2, 0.25) is 0 Å². The van der Waals surface area contributed by atoms with Crippen molar-refractivity contribution in [1.29, 1.82) is 0 Å². The van der Waals surface area contributed by atoms with Crippen molar-refractivity contribution in [3.05, 3.63) is 42.1 Å². The topological polar surface area (TPSA) is 51.4 Å². The zero-order valence-electron chi connectivity index (χ0n) is 12.5. The number of hydrogen-bond donors (Lipinski definition) is 1. The number of morpholine rings is 1. The summed E-state index contributed by atoms with van der Waals surface area (Å²) < 4.78 is 5.62. The first-order valence-electron chi connectivity index (χ1n) is 7.72. The summed E-state index contributed by atoms with van der Waals surface area (Å²) in [6, 6.07) is 11.1. The predicted molar refractivity (Wildman–Crippen MR) is 85.1 cm³/mol. The molecule has 0 amide bonds. The summed E-state index contributed by atoms with van der Waals surface area (Å²) in [5.74, 6) is 0. The highest BCUT2D eigenvalue weighted by Gasteiger charge is 2.29. The summed E-state index contributed by atoms with van der Waals surface area (Å²) in [5.41, 5.74) is 8.43. The van der Waals surface area contributed by atoms with Crippen LogP contribution < -0.4 is 5.73 Å². The molecule has 0 aliphatic carbocycles. The summed E-state index contributed by atoms with van der Waals surface area (Å²) in [5, 5.41) is 1.18. The van der Waals surface area contributed by atoms with Gasteiger partial charge in [0.15, 0.2) is 0 Å². The summed E-state index contributed by atoms with van der Waals surface area (Å²) in [6.45, 7) is 5.33. The molecule has 0 radical (unpaired) electrons. The quantitative estimate of drug-likeness (QED) is 0.937. The molecular weight excluding hydrogens is 262 g/mol. The van der Waals surface area contributed by atoms with E-state index in [2.05, 4.69) is 41.1 Å². The first-order chi connectivity index (χ1) is 10.3. The van der Waals surface area contributed by atoms with Crippen LogP contribution in [-0.4, -0.2) is 42.2 Å². The van der Waals surface area contributed by atoms with E-state index >= 15 is 0 Å². The number of hydrogen-bond acceptors (Lipinski definition) is 4. The van der Waals surface area contributed by atoms with Crippen molar-refractivity contribution < 1.29 is 4.74 Å². The number of ether oxygens (including phenoxy) is 1. The van der Waals surface area contributed by atoms with Crippen LogP contribution in [0.1, 0.15) is 24.9 Å². The Morgan fingerprint density at radius 2 is 2.24 bits per heavy atom. The van der Waals surface area contributed by atoms with Crippen LogP contribution in [0.25, 0.3) is 10.9 Å². The molecule has 1 aromatic heterocycles. The maximum atomic E-state index is 6.13. The summed E-state index contributed by atoms with van der Waals surface area (Å²) >= 11 is 0. The van der Waals surface area contributed by atoms with E-state index in [1.165, 1.54) is 10.9 Å². The summed E-state index contributed by atoms with van der Waals surface area (Å²) in [7, 11) is 0. The second kappa shape index (κ2) is 6.52. The molecule has 1 fully saturated rings. The number of para-hydroxylation sites is 1. The lowest BCUT2D eigenvalue weighted by Crippen LogP contribution is -2.48. The van der Waals surface area contributed by atoms with Crippen molar-refractivity contribution in [2.75, 3.05) is 26.3 Å². The normalized spacial score (nSPS) is 21.5.